The summed E-state index contributed by atoms with van der Waals surface area (Å²) in [6.45, 7) is 1.13. The van der Waals surface area contributed by atoms with Crippen LogP contribution in [0.4, 0.5) is 34.6 Å². The molecule has 1 aromatic heterocycles. The van der Waals surface area contributed by atoms with E-state index in [0.29, 0.717) is 12.1 Å². The predicted octanol–water partition coefficient (Wildman–Crippen LogP) is 5.36. The number of hydrogen-bond acceptors (Lipinski definition) is 14. The summed E-state index contributed by atoms with van der Waals surface area (Å²) < 4.78 is 101. The summed E-state index contributed by atoms with van der Waals surface area (Å²) in [5.74, 6) is -0.630. The molecule has 17 nitrogen and oxygen atoms in total. The van der Waals surface area contributed by atoms with Crippen molar-refractivity contribution in [2.24, 2.45) is 10.2 Å². The number of anilines is 4. The molecule has 5 rings (SSSR count). The second kappa shape index (κ2) is 12.6. The minimum Gasteiger partial charge on any atom is -0.505 e. The molecular formula is C27H22ClN7O10S3. The van der Waals surface area contributed by atoms with Crippen molar-refractivity contribution < 1.29 is 44.0 Å². The standard InChI is InChI=1S/C27H22ClN7O10S3/c1-14-10-21(47(40,41)42)19(13-20(14)46(37,38)39)33-34-23-22(48(43,44)45)12-15-11-16(8-9-18(15)24(23)36)29-26-30-25(28)31-27(32-26)35(2)17-6-4-3-5-7-17/h3-13,36H,1-2H3,(H,37,38,39)(H,40,41,42)(H,43,44,45)(H,29,30,31,32). The van der Waals surface area contributed by atoms with Crippen LogP contribution in [0.2, 0.25) is 5.28 Å². The number of aromatic hydroxyl groups is 1. The van der Waals surface area contributed by atoms with Crippen LogP contribution in [0.15, 0.2) is 91.6 Å². The summed E-state index contributed by atoms with van der Waals surface area (Å²) in [4.78, 5) is 11.5. The number of nitrogens with zero attached hydrogens (tertiary/aromatic N) is 6. The molecular weight excluding hydrogens is 714 g/mol. The molecule has 21 heteroatoms. The summed E-state index contributed by atoms with van der Waals surface area (Å²) in [5, 5.41) is 21.0. The first-order chi connectivity index (χ1) is 22.3. The number of para-hydroxylation sites is 1. The molecule has 1 heterocycles. The van der Waals surface area contributed by atoms with E-state index in [2.05, 4.69) is 30.5 Å². The molecule has 5 N–H and O–H groups in total. The van der Waals surface area contributed by atoms with Crippen LogP contribution in [0.1, 0.15) is 5.56 Å². The van der Waals surface area contributed by atoms with Gasteiger partial charge in [0.25, 0.3) is 30.4 Å². The maximum Gasteiger partial charge on any atom is 0.296 e. The maximum atomic E-state index is 12.4. The van der Waals surface area contributed by atoms with Crippen molar-refractivity contribution in [2.75, 3.05) is 17.3 Å². The Kier molecular flexibility index (Phi) is 9.09. The van der Waals surface area contributed by atoms with Gasteiger partial charge in [-0.25, -0.2) is 0 Å². The van der Waals surface area contributed by atoms with E-state index in [1.54, 1.807) is 11.9 Å². The lowest BCUT2D eigenvalue weighted by Crippen LogP contribution is -2.14. The lowest BCUT2D eigenvalue weighted by Gasteiger charge is -2.17. The molecule has 0 saturated heterocycles. The number of hydrogen-bond donors (Lipinski definition) is 5. The highest BCUT2D eigenvalue weighted by atomic mass is 35.5. The third kappa shape index (κ3) is 7.33. The van der Waals surface area contributed by atoms with Crippen molar-refractivity contribution in [3.63, 3.8) is 0 Å². The first-order valence-corrected chi connectivity index (χ1v) is 17.8. The van der Waals surface area contributed by atoms with Crippen LogP contribution in [0, 0.1) is 6.92 Å². The summed E-state index contributed by atoms with van der Waals surface area (Å²) in [6, 6.07) is 15.5. The van der Waals surface area contributed by atoms with Crippen LogP contribution < -0.4 is 10.2 Å². The van der Waals surface area contributed by atoms with Gasteiger partial charge in [-0.05, 0) is 78.0 Å². The Morgan fingerprint density at radius 1 is 0.771 bits per heavy atom. The maximum absolute atomic E-state index is 12.4. The molecule has 0 aliphatic carbocycles. The van der Waals surface area contributed by atoms with E-state index in [-0.39, 0.29) is 39.2 Å². The molecule has 250 valence electrons. The highest BCUT2D eigenvalue weighted by Gasteiger charge is 2.25. The van der Waals surface area contributed by atoms with Gasteiger partial charge in [-0.2, -0.15) is 40.2 Å². The van der Waals surface area contributed by atoms with Gasteiger partial charge < -0.3 is 15.3 Å². The molecule has 48 heavy (non-hydrogen) atoms. The lowest BCUT2D eigenvalue weighted by atomic mass is 10.1. The zero-order chi connectivity index (χ0) is 35.2. The van der Waals surface area contributed by atoms with Gasteiger partial charge in [0, 0.05) is 23.8 Å². The zero-order valence-electron chi connectivity index (χ0n) is 24.4. The second-order valence-corrected chi connectivity index (χ2v) is 14.5. The van der Waals surface area contributed by atoms with Gasteiger partial charge in [-0.1, -0.05) is 18.2 Å². The average molecular weight is 736 g/mol. The fourth-order valence-corrected chi connectivity index (χ4v) is 6.71. The number of halogens is 1. The number of aryl methyl sites for hydroxylation is 1. The molecule has 0 saturated carbocycles. The number of phenols is 1. The quantitative estimate of drug-likeness (QED) is 0.0942. The summed E-state index contributed by atoms with van der Waals surface area (Å²) in [6.07, 6.45) is 0. The van der Waals surface area contributed by atoms with E-state index < -0.39 is 62.2 Å². The average Bonchev–Trinajstić information content (AvgIpc) is 2.99. The third-order valence-corrected chi connectivity index (χ3v) is 9.61. The summed E-state index contributed by atoms with van der Waals surface area (Å²) in [5.41, 5.74) is -0.945. The van der Waals surface area contributed by atoms with Gasteiger partial charge in [-0.3, -0.25) is 13.7 Å². The monoisotopic (exact) mass is 735 g/mol. The number of nitrogens with one attached hydrogen (secondary N) is 1. The number of rotatable bonds is 9. The smallest absolute Gasteiger partial charge is 0.296 e. The van der Waals surface area contributed by atoms with Crippen molar-refractivity contribution in [3.05, 3.63) is 77.6 Å². The minimum atomic E-state index is -5.14. The Balaban J connectivity index is 1.58. The number of azo groups is 1. The van der Waals surface area contributed by atoms with Crippen LogP contribution in [0.5, 0.6) is 5.75 Å². The zero-order valence-corrected chi connectivity index (χ0v) is 27.6. The molecule has 4 aromatic carbocycles. The minimum absolute atomic E-state index is 0.00813. The van der Waals surface area contributed by atoms with E-state index in [0.717, 1.165) is 18.7 Å². The van der Waals surface area contributed by atoms with E-state index in [4.69, 9.17) is 11.6 Å². The Bertz CT molecular complexity index is 2470. The first kappa shape index (κ1) is 34.5. The van der Waals surface area contributed by atoms with Crippen molar-refractivity contribution in [3.8, 4) is 5.75 Å². The molecule has 5 aromatic rings. The van der Waals surface area contributed by atoms with Crippen molar-refractivity contribution >= 4 is 87.4 Å². The topological polar surface area (TPSA) is 262 Å². The molecule has 0 amide bonds. The van der Waals surface area contributed by atoms with Gasteiger partial charge in [0.2, 0.25) is 17.2 Å². The number of benzene rings is 4. The van der Waals surface area contributed by atoms with Gasteiger partial charge in [0.15, 0.2) is 5.75 Å². The Labute approximate surface area is 277 Å². The predicted molar refractivity (Wildman–Crippen MR) is 173 cm³/mol. The molecule has 0 fully saturated rings. The van der Waals surface area contributed by atoms with Gasteiger partial charge >= 0.3 is 0 Å². The number of fused-ring (bicyclic) bond motifs is 1. The first-order valence-electron chi connectivity index (χ1n) is 13.1. The van der Waals surface area contributed by atoms with Crippen LogP contribution in [0.25, 0.3) is 10.8 Å². The normalized spacial score (nSPS) is 12.5. The van der Waals surface area contributed by atoms with Gasteiger partial charge in [0.05, 0.1) is 4.90 Å². The Hall–Kier alpha value is -4.83. The van der Waals surface area contributed by atoms with Crippen molar-refractivity contribution in [2.45, 2.75) is 21.6 Å². The largest absolute Gasteiger partial charge is 0.505 e. The van der Waals surface area contributed by atoms with Gasteiger partial charge in [-0.15, -0.1) is 10.2 Å². The van der Waals surface area contributed by atoms with Crippen molar-refractivity contribution in [1.29, 1.82) is 0 Å². The summed E-state index contributed by atoms with van der Waals surface area (Å²) in [7, 11) is -13.4. The molecule has 0 bridgehead atoms. The fraction of sp³-hybridized carbons (Fsp3) is 0.0741. The highest BCUT2D eigenvalue weighted by Crippen LogP contribution is 2.43. The molecule has 0 aliphatic rings. The number of aromatic nitrogens is 3. The fourth-order valence-electron chi connectivity index (χ4n) is 4.48. The highest BCUT2D eigenvalue weighted by molar-refractivity contribution is 7.86. The van der Waals surface area contributed by atoms with Crippen LogP contribution in [0.3, 0.4) is 0 Å². The van der Waals surface area contributed by atoms with E-state index >= 15 is 0 Å². The van der Waals surface area contributed by atoms with E-state index in [9.17, 15) is 44.0 Å². The van der Waals surface area contributed by atoms with Crippen molar-refractivity contribution in [1.82, 2.24) is 15.0 Å². The Morgan fingerprint density at radius 3 is 2.04 bits per heavy atom. The second-order valence-electron chi connectivity index (χ2n) is 9.97. The van der Waals surface area contributed by atoms with Crippen LogP contribution in [-0.4, -0.2) is 66.0 Å². The van der Waals surface area contributed by atoms with Crippen LogP contribution >= 0.6 is 11.6 Å². The molecule has 0 spiro atoms. The van der Waals surface area contributed by atoms with E-state index in [1.165, 1.54) is 18.2 Å². The SMILES string of the molecule is Cc1cc(S(=O)(=O)O)c(N=Nc2c(S(=O)(=O)O)cc3cc(Nc4nc(Cl)nc(N(C)c5ccccc5)n4)ccc3c2O)cc1S(=O)(=O)O. The molecule has 0 unspecified atom stereocenters. The molecule has 0 atom stereocenters. The summed E-state index contributed by atoms with van der Waals surface area (Å²) >= 11 is 6.13. The third-order valence-electron chi connectivity index (χ3n) is 6.69. The number of phenolic OH excluding ortho intramolecular Hbond substituents is 1. The lowest BCUT2D eigenvalue weighted by molar-refractivity contribution is 0.472. The Morgan fingerprint density at radius 2 is 1.42 bits per heavy atom. The molecule has 0 radical (unpaired) electrons. The van der Waals surface area contributed by atoms with Gasteiger partial charge in [0.1, 0.15) is 21.2 Å². The molecule has 0 aliphatic heterocycles. The van der Waals surface area contributed by atoms with Crippen LogP contribution in [-0.2, 0) is 30.4 Å². The van der Waals surface area contributed by atoms with E-state index in [1.807, 2.05) is 30.3 Å².